The highest BCUT2D eigenvalue weighted by molar-refractivity contribution is 7.10. The van der Waals surface area contributed by atoms with Crippen molar-refractivity contribution in [3.8, 4) is 0 Å². The lowest BCUT2D eigenvalue weighted by Gasteiger charge is -2.17. The number of nitrogens with one attached hydrogen (secondary N) is 1. The molecule has 0 aliphatic rings. The molecule has 0 bridgehead atoms. The lowest BCUT2D eigenvalue weighted by atomic mass is 10.0. The molecule has 1 aromatic heterocycles. The van der Waals surface area contributed by atoms with Gasteiger partial charge < -0.3 is 10.6 Å². The van der Waals surface area contributed by atoms with Crippen LogP contribution in [0.3, 0.4) is 0 Å². The summed E-state index contributed by atoms with van der Waals surface area (Å²) in [5.41, 5.74) is 3.80. The Balaban J connectivity index is 1.52. The van der Waals surface area contributed by atoms with Crippen molar-refractivity contribution in [3.63, 3.8) is 0 Å². The van der Waals surface area contributed by atoms with E-state index in [0.29, 0.717) is 6.54 Å². The fourth-order valence-corrected chi connectivity index (χ4v) is 4.17. The van der Waals surface area contributed by atoms with Crippen molar-refractivity contribution in [3.05, 3.63) is 93.7 Å². The molecule has 0 aliphatic carbocycles. The number of aryl methyl sites for hydroxylation is 2. The molecule has 0 saturated carbocycles. The van der Waals surface area contributed by atoms with Crippen LogP contribution in [0.25, 0.3) is 0 Å². The fourth-order valence-electron chi connectivity index (χ4n) is 3.32. The van der Waals surface area contributed by atoms with Crippen molar-refractivity contribution in [1.29, 1.82) is 0 Å². The monoisotopic (exact) mass is 393 g/mol. The summed E-state index contributed by atoms with van der Waals surface area (Å²) in [5.74, 6) is 0.0919. The van der Waals surface area contributed by atoms with Crippen LogP contribution in [0, 0.1) is 6.92 Å². The Morgan fingerprint density at radius 1 is 1.04 bits per heavy atom. The molecule has 28 heavy (non-hydrogen) atoms. The minimum Gasteiger partial charge on any atom is -0.349 e. The van der Waals surface area contributed by atoms with Crippen molar-refractivity contribution in [1.82, 2.24) is 5.32 Å². The smallest absolute Gasteiger partial charge is 0.275 e. The summed E-state index contributed by atoms with van der Waals surface area (Å²) in [6, 6.07) is 23.6. The summed E-state index contributed by atoms with van der Waals surface area (Å²) in [5, 5.41) is 7.37. The third kappa shape index (κ3) is 6.04. The number of hydrogen-bond donors (Lipinski definition) is 2. The number of hydrogen-bond acceptors (Lipinski definition) is 2. The Morgan fingerprint density at radius 3 is 2.46 bits per heavy atom. The Hall–Kier alpha value is -2.43. The maximum atomic E-state index is 12.5. The molecule has 0 fully saturated rings. The van der Waals surface area contributed by atoms with E-state index in [9.17, 15) is 4.79 Å². The van der Waals surface area contributed by atoms with E-state index in [1.807, 2.05) is 6.07 Å². The predicted molar refractivity (Wildman–Crippen MR) is 117 cm³/mol. The van der Waals surface area contributed by atoms with Gasteiger partial charge in [-0.3, -0.25) is 4.79 Å². The summed E-state index contributed by atoms with van der Waals surface area (Å²) in [4.78, 5) is 13.8. The van der Waals surface area contributed by atoms with Crippen molar-refractivity contribution < 1.29 is 10.1 Å². The zero-order chi connectivity index (χ0) is 19.8. The zero-order valence-electron chi connectivity index (χ0n) is 16.6. The number of nitrogens with two attached hydrogens (primary N) is 1. The topological polar surface area (TPSA) is 45.7 Å². The second-order valence-electron chi connectivity index (χ2n) is 7.34. The Kier molecular flexibility index (Phi) is 7.40. The summed E-state index contributed by atoms with van der Waals surface area (Å²) in [7, 11) is 0. The summed E-state index contributed by atoms with van der Waals surface area (Å²) in [6.07, 6.45) is 1.93. The van der Waals surface area contributed by atoms with E-state index >= 15 is 0 Å². The molecular weight excluding hydrogens is 364 g/mol. The number of thiophene rings is 1. The van der Waals surface area contributed by atoms with Crippen LogP contribution in [0.4, 0.5) is 0 Å². The van der Waals surface area contributed by atoms with Gasteiger partial charge in [0.15, 0.2) is 6.54 Å². The molecule has 3 rings (SSSR count). The molecule has 3 N–H and O–H groups in total. The van der Waals surface area contributed by atoms with Crippen LogP contribution < -0.4 is 10.6 Å². The van der Waals surface area contributed by atoms with Crippen LogP contribution in [-0.2, 0) is 11.2 Å². The first-order chi connectivity index (χ1) is 13.6. The summed E-state index contributed by atoms with van der Waals surface area (Å²) >= 11 is 1.74. The Labute approximate surface area is 171 Å². The number of carbonyl (C=O) groups excluding carboxylic acids is 1. The van der Waals surface area contributed by atoms with Gasteiger partial charge in [-0.05, 0) is 43.7 Å². The van der Waals surface area contributed by atoms with Gasteiger partial charge in [-0.25, -0.2) is 0 Å². The second kappa shape index (κ2) is 10.2. The lowest BCUT2D eigenvalue weighted by Crippen LogP contribution is -2.87. The molecular formula is C24H29N2OS+. The number of rotatable bonds is 9. The third-order valence-corrected chi connectivity index (χ3v) is 5.90. The largest absolute Gasteiger partial charge is 0.349 e. The molecule has 1 heterocycles. The Morgan fingerprint density at radius 2 is 1.79 bits per heavy atom. The van der Waals surface area contributed by atoms with E-state index in [-0.39, 0.29) is 18.0 Å². The summed E-state index contributed by atoms with van der Waals surface area (Å²) < 4.78 is 0. The van der Waals surface area contributed by atoms with Crippen LogP contribution >= 0.6 is 11.3 Å². The van der Waals surface area contributed by atoms with Gasteiger partial charge in [-0.15, -0.1) is 11.3 Å². The molecule has 0 radical (unpaired) electrons. The zero-order valence-corrected chi connectivity index (χ0v) is 17.4. The average molecular weight is 394 g/mol. The highest BCUT2D eigenvalue weighted by Crippen LogP contribution is 2.22. The number of carbonyl (C=O) groups is 1. The molecule has 2 atom stereocenters. The molecule has 0 saturated heterocycles. The van der Waals surface area contributed by atoms with E-state index < -0.39 is 0 Å². The Bertz CT molecular complexity index is 844. The predicted octanol–water partition coefficient (Wildman–Crippen LogP) is 3.85. The molecule has 146 valence electrons. The molecule has 0 aliphatic heterocycles. The van der Waals surface area contributed by atoms with Gasteiger partial charge in [0.25, 0.3) is 5.91 Å². The number of quaternary nitrogens is 1. The minimum atomic E-state index is 0.0919. The third-order valence-electron chi connectivity index (χ3n) is 4.94. The first-order valence-electron chi connectivity index (χ1n) is 9.88. The number of amides is 1. The van der Waals surface area contributed by atoms with Gasteiger partial charge in [0.05, 0.1) is 4.88 Å². The van der Waals surface area contributed by atoms with Gasteiger partial charge in [0.2, 0.25) is 0 Å². The van der Waals surface area contributed by atoms with E-state index in [4.69, 9.17) is 0 Å². The molecule has 3 nitrogen and oxygen atoms in total. The molecule has 0 unspecified atom stereocenters. The van der Waals surface area contributed by atoms with E-state index in [0.717, 1.165) is 12.8 Å². The maximum absolute atomic E-state index is 12.5. The van der Waals surface area contributed by atoms with Crippen LogP contribution in [0.2, 0.25) is 0 Å². The quantitative estimate of drug-likeness (QED) is 0.570. The van der Waals surface area contributed by atoms with Crippen molar-refractivity contribution in [2.45, 2.75) is 38.8 Å². The van der Waals surface area contributed by atoms with Crippen LogP contribution in [0.1, 0.15) is 41.0 Å². The van der Waals surface area contributed by atoms with Gasteiger partial charge >= 0.3 is 0 Å². The molecule has 1 amide bonds. The molecule has 2 aromatic carbocycles. The van der Waals surface area contributed by atoms with Crippen molar-refractivity contribution in [2.24, 2.45) is 0 Å². The lowest BCUT2D eigenvalue weighted by molar-refractivity contribution is -0.676. The standard InChI is InChI=1S/C24H28N2OS/c1-18-10-14-21(15-11-18)24(22-9-6-16-28-22)25-17-23(27)26-19(2)12-13-20-7-4-3-5-8-20/h3-11,14-16,19,24-25H,12-13,17H2,1-2H3,(H,26,27)/p+1/t19-,24-/m1/s1. The highest BCUT2D eigenvalue weighted by atomic mass is 32.1. The number of benzene rings is 2. The molecule has 3 aromatic rings. The van der Waals surface area contributed by atoms with Crippen molar-refractivity contribution >= 4 is 17.2 Å². The van der Waals surface area contributed by atoms with Gasteiger partial charge in [-0.2, -0.15) is 0 Å². The van der Waals surface area contributed by atoms with E-state index in [2.05, 4.69) is 90.5 Å². The van der Waals surface area contributed by atoms with Crippen LogP contribution in [0.5, 0.6) is 0 Å². The minimum absolute atomic E-state index is 0.0919. The first-order valence-corrected chi connectivity index (χ1v) is 10.8. The normalized spacial score (nSPS) is 13.1. The van der Waals surface area contributed by atoms with Gasteiger partial charge in [0.1, 0.15) is 6.04 Å². The maximum Gasteiger partial charge on any atom is 0.275 e. The van der Waals surface area contributed by atoms with Crippen LogP contribution in [-0.4, -0.2) is 18.5 Å². The van der Waals surface area contributed by atoms with Gasteiger partial charge in [-0.1, -0.05) is 66.2 Å². The SMILES string of the molecule is Cc1ccc([C@@H]([NH2+]CC(=O)N[C@H](C)CCc2ccccc2)c2cccs2)cc1. The van der Waals surface area contributed by atoms with Crippen LogP contribution in [0.15, 0.2) is 72.1 Å². The second-order valence-corrected chi connectivity index (χ2v) is 8.32. The van der Waals surface area contributed by atoms with Gasteiger partial charge in [0, 0.05) is 11.6 Å². The summed E-state index contributed by atoms with van der Waals surface area (Å²) in [6.45, 7) is 4.60. The molecule has 4 heteroatoms. The van der Waals surface area contributed by atoms with Crippen molar-refractivity contribution in [2.75, 3.05) is 6.54 Å². The fraction of sp³-hybridized carbons (Fsp3) is 0.292. The average Bonchev–Trinajstić information content (AvgIpc) is 3.23. The highest BCUT2D eigenvalue weighted by Gasteiger charge is 2.20. The first kappa shape index (κ1) is 20.3. The van der Waals surface area contributed by atoms with E-state index in [1.165, 1.54) is 21.6 Å². The van der Waals surface area contributed by atoms with E-state index in [1.54, 1.807) is 11.3 Å². The molecule has 0 spiro atoms.